The van der Waals surface area contributed by atoms with E-state index in [0.717, 1.165) is 12.8 Å². The van der Waals surface area contributed by atoms with Gasteiger partial charge in [0.1, 0.15) is 6.10 Å². The highest BCUT2D eigenvalue weighted by molar-refractivity contribution is 5.82. The van der Waals surface area contributed by atoms with Crippen molar-refractivity contribution >= 4 is 11.9 Å². The summed E-state index contributed by atoms with van der Waals surface area (Å²) in [6, 6.07) is -0.214. The van der Waals surface area contributed by atoms with Crippen LogP contribution >= 0.6 is 0 Å². The largest absolute Gasteiger partial charge is 0.481 e. The van der Waals surface area contributed by atoms with Crippen molar-refractivity contribution < 1.29 is 19.4 Å². The van der Waals surface area contributed by atoms with E-state index in [2.05, 4.69) is 0 Å². The number of likely N-dealkylation sites (tertiary alicyclic amines) is 1. The van der Waals surface area contributed by atoms with Crippen LogP contribution in [-0.4, -0.2) is 54.2 Å². The van der Waals surface area contributed by atoms with Gasteiger partial charge in [-0.05, 0) is 12.8 Å². The normalized spacial score (nSPS) is 22.1. The molecule has 6 nitrogen and oxygen atoms in total. The van der Waals surface area contributed by atoms with E-state index in [1.165, 1.54) is 7.11 Å². The number of carbonyl (C=O) groups is 2. The molecule has 16 heavy (non-hydrogen) atoms. The Hall–Kier alpha value is -1.14. The standard InChI is InChI=1S/C10H18N2O4/c1-16-8(6-11)10(15)12-4-2-3-7(12)5-9(13)14/h7-8H,2-6,11H2,1H3,(H,13,14). The van der Waals surface area contributed by atoms with Gasteiger partial charge in [-0.3, -0.25) is 9.59 Å². The average Bonchev–Trinajstić information content (AvgIpc) is 2.66. The minimum atomic E-state index is -0.883. The Balaban J connectivity index is 2.63. The van der Waals surface area contributed by atoms with E-state index in [1.807, 2.05) is 0 Å². The van der Waals surface area contributed by atoms with Gasteiger partial charge < -0.3 is 20.5 Å². The maximum atomic E-state index is 11.9. The summed E-state index contributed by atoms with van der Waals surface area (Å²) in [5.74, 6) is -1.08. The highest BCUT2D eigenvalue weighted by atomic mass is 16.5. The molecule has 0 radical (unpaired) electrons. The number of carbonyl (C=O) groups excluding carboxylic acids is 1. The van der Waals surface area contributed by atoms with Crippen LogP contribution in [0.15, 0.2) is 0 Å². The molecule has 0 saturated carbocycles. The van der Waals surface area contributed by atoms with Crippen LogP contribution in [-0.2, 0) is 14.3 Å². The molecule has 0 aliphatic carbocycles. The molecule has 1 aliphatic rings. The zero-order chi connectivity index (χ0) is 12.1. The molecule has 0 aromatic heterocycles. The Morgan fingerprint density at radius 1 is 1.62 bits per heavy atom. The third-order valence-electron chi connectivity index (χ3n) is 2.84. The predicted molar refractivity (Wildman–Crippen MR) is 56.8 cm³/mol. The van der Waals surface area contributed by atoms with Crippen molar-refractivity contribution in [1.82, 2.24) is 4.90 Å². The first-order valence-electron chi connectivity index (χ1n) is 5.35. The predicted octanol–water partition coefficient (Wildman–Crippen LogP) is -0.574. The highest BCUT2D eigenvalue weighted by Gasteiger charge is 2.33. The van der Waals surface area contributed by atoms with E-state index < -0.39 is 12.1 Å². The molecule has 92 valence electrons. The third-order valence-corrected chi connectivity index (χ3v) is 2.84. The summed E-state index contributed by atoms with van der Waals surface area (Å²) in [6.45, 7) is 0.711. The van der Waals surface area contributed by atoms with Crippen molar-refractivity contribution in [2.75, 3.05) is 20.2 Å². The smallest absolute Gasteiger partial charge is 0.305 e. The van der Waals surface area contributed by atoms with Crippen LogP contribution in [0.25, 0.3) is 0 Å². The number of rotatable bonds is 5. The van der Waals surface area contributed by atoms with Crippen LogP contribution < -0.4 is 5.73 Å². The van der Waals surface area contributed by atoms with Gasteiger partial charge in [0.05, 0.1) is 6.42 Å². The van der Waals surface area contributed by atoms with E-state index in [1.54, 1.807) is 4.90 Å². The molecule has 2 unspecified atom stereocenters. The fraction of sp³-hybridized carbons (Fsp3) is 0.800. The molecule has 1 heterocycles. The van der Waals surface area contributed by atoms with Crippen LogP contribution in [0.2, 0.25) is 0 Å². The lowest BCUT2D eigenvalue weighted by atomic mass is 10.1. The zero-order valence-electron chi connectivity index (χ0n) is 9.39. The SMILES string of the molecule is COC(CN)C(=O)N1CCCC1CC(=O)O. The highest BCUT2D eigenvalue weighted by Crippen LogP contribution is 2.21. The Bertz CT molecular complexity index is 266. The number of ether oxygens (including phenoxy) is 1. The number of carboxylic acids is 1. The quantitative estimate of drug-likeness (QED) is 0.659. The number of hydrogen-bond donors (Lipinski definition) is 2. The van der Waals surface area contributed by atoms with Crippen molar-refractivity contribution in [3.63, 3.8) is 0 Å². The molecule has 0 aromatic carbocycles. The number of amides is 1. The van der Waals surface area contributed by atoms with Crippen molar-refractivity contribution in [3.05, 3.63) is 0 Å². The monoisotopic (exact) mass is 230 g/mol. The molecular weight excluding hydrogens is 212 g/mol. The first-order chi connectivity index (χ1) is 7.60. The summed E-state index contributed by atoms with van der Waals surface area (Å²) < 4.78 is 4.96. The fourth-order valence-corrected chi connectivity index (χ4v) is 2.02. The van der Waals surface area contributed by atoms with E-state index in [0.29, 0.717) is 6.54 Å². The second kappa shape index (κ2) is 5.81. The van der Waals surface area contributed by atoms with Crippen LogP contribution in [0.1, 0.15) is 19.3 Å². The van der Waals surface area contributed by atoms with Crippen LogP contribution in [0.3, 0.4) is 0 Å². The Labute approximate surface area is 94.3 Å². The molecule has 3 N–H and O–H groups in total. The van der Waals surface area contributed by atoms with Crippen molar-refractivity contribution in [3.8, 4) is 0 Å². The molecule has 0 bridgehead atoms. The molecule has 1 saturated heterocycles. The lowest BCUT2D eigenvalue weighted by Gasteiger charge is -2.26. The first-order valence-corrected chi connectivity index (χ1v) is 5.35. The minimum absolute atomic E-state index is 0.00720. The van der Waals surface area contributed by atoms with E-state index in [9.17, 15) is 9.59 Å². The van der Waals surface area contributed by atoms with Gasteiger partial charge >= 0.3 is 5.97 Å². The fourth-order valence-electron chi connectivity index (χ4n) is 2.02. The Morgan fingerprint density at radius 2 is 2.31 bits per heavy atom. The molecule has 1 fully saturated rings. The average molecular weight is 230 g/mol. The van der Waals surface area contributed by atoms with Gasteiger partial charge in [-0.2, -0.15) is 0 Å². The van der Waals surface area contributed by atoms with Gasteiger partial charge in [-0.25, -0.2) is 0 Å². The number of carboxylic acid groups (broad SMARTS) is 1. The summed E-state index contributed by atoms with van der Waals surface area (Å²) in [6.07, 6.45) is 0.908. The van der Waals surface area contributed by atoms with Gasteiger partial charge in [0.15, 0.2) is 0 Å². The molecular formula is C10H18N2O4. The second-order valence-electron chi connectivity index (χ2n) is 3.89. The molecule has 6 heteroatoms. The lowest BCUT2D eigenvalue weighted by Crippen LogP contribution is -2.46. The summed E-state index contributed by atoms with van der Waals surface area (Å²) in [7, 11) is 1.43. The number of hydrogen-bond acceptors (Lipinski definition) is 4. The summed E-state index contributed by atoms with van der Waals surface area (Å²) >= 11 is 0. The van der Waals surface area contributed by atoms with Crippen molar-refractivity contribution in [2.24, 2.45) is 5.73 Å². The van der Waals surface area contributed by atoms with Crippen LogP contribution in [0.4, 0.5) is 0 Å². The molecule has 1 aliphatic heterocycles. The zero-order valence-corrected chi connectivity index (χ0v) is 9.39. The second-order valence-corrected chi connectivity index (χ2v) is 3.89. The number of nitrogens with zero attached hydrogens (tertiary/aromatic N) is 1. The van der Waals surface area contributed by atoms with Crippen LogP contribution in [0, 0.1) is 0 Å². The maximum Gasteiger partial charge on any atom is 0.305 e. The summed E-state index contributed by atoms with van der Waals surface area (Å²) in [4.78, 5) is 24.1. The van der Waals surface area contributed by atoms with Gasteiger partial charge in [-0.15, -0.1) is 0 Å². The van der Waals surface area contributed by atoms with Gasteiger partial charge in [0.25, 0.3) is 5.91 Å². The number of nitrogens with two attached hydrogens (primary N) is 1. The lowest BCUT2D eigenvalue weighted by molar-refractivity contribution is -0.144. The molecule has 0 spiro atoms. The van der Waals surface area contributed by atoms with E-state index >= 15 is 0 Å². The number of aliphatic carboxylic acids is 1. The van der Waals surface area contributed by atoms with Crippen LogP contribution in [0.5, 0.6) is 0 Å². The van der Waals surface area contributed by atoms with Gasteiger partial charge in [0, 0.05) is 26.2 Å². The van der Waals surface area contributed by atoms with E-state index in [4.69, 9.17) is 15.6 Å². The molecule has 2 atom stereocenters. The van der Waals surface area contributed by atoms with Crippen molar-refractivity contribution in [2.45, 2.75) is 31.4 Å². The van der Waals surface area contributed by atoms with Crippen molar-refractivity contribution in [1.29, 1.82) is 0 Å². The van der Waals surface area contributed by atoms with Gasteiger partial charge in [-0.1, -0.05) is 0 Å². The van der Waals surface area contributed by atoms with E-state index in [-0.39, 0.29) is 24.9 Å². The molecule has 0 aromatic rings. The Morgan fingerprint density at radius 3 is 2.81 bits per heavy atom. The van der Waals surface area contributed by atoms with Gasteiger partial charge in [0.2, 0.25) is 0 Å². The Kier molecular flexibility index (Phi) is 4.70. The summed E-state index contributed by atoms with van der Waals surface area (Å²) in [5.41, 5.74) is 5.41. The topological polar surface area (TPSA) is 92.9 Å². The third kappa shape index (κ3) is 2.93. The first kappa shape index (κ1) is 12.9. The number of methoxy groups -OCH3 is 1. The maximum absolute atomic E-state index is 11.9. The minimum Gasteiger partial charge on any atom is -0.481 e. The molecule has 1 amide bonds. The summed E-state index contributed by atoms with van der Waals surface area (Å²) in [5, 5.41) is 8.73. The molecule has 1 rings (SSSR count).